The second kappa shape index (κ2) is 3.86. The maximum Gasteiger partial charge on any atom is 0.454 e. The number of Topliss-reactive ketones (excluding diaryl/α,β-unsaturated/α-hetero) is 1. The van der Waals surface area contributed by atoms with Gasteiger partial charge in [-0.05, 0) is 18.9 Å². The van der Waals surface area contributed by atoms with E-state index in [4.69, 9.17) is 4.74 Å². The number of ether oxygens (including phenoxy) is 1. The molecule has 0 N–H and O–H groups in total. The summed E-state index contributed by atoms with van der Waals surface area (Å²) in [4.78, 5) is 10.9. The molecule has 0 aromatic carbocycles. The van der Waals surface area contributed by atoms with Crippen LogP contribution in [0.2, 0.25) is 0 Å². The van der Waals surface area contributed by atoms with E-state index in [0.717, 1.165) is 0 Å². The van der Waals surface area contributed by atoms with Crippen molar-refractivity contribution in [1.82, 2.24) is 0 Å². The Morgan fingerprint density at radius 2 is 2.14 bits per heavy atom. The largest absolute Gasteiger partial charge is 0.496 e. The Balaban J connectivity index is 3.00. The first kappa shape index (κ1) is 10.8. The zero-order chi connectivity index (χ0) is 10.8. The van der Waals surface area contributed by atoms with Crippen molar-refractivity contribution < 1.29 is 22.7 Å². The van der Waals surface area contributed by atoms with E-state index in [0.29, 0.717) is 6.42 Å². The Bertz CT molecular complexity index is 300. The lowest BCUT2D eigenvalue weighted by Gasteiger charge is -2.14. The summed E-state index contributed by atoms with van der Waals surface area (Å²) in [7, 11) is 1.24. The van der Waals surface area contributed by atoms with Crippen molar-refractivity contribution >= 4 is 5.78 Å². The number of rotatable bonds is 2. The molecular formula is C9H9F3O2. The molecule has 1 rings (SSSR count). The first-order valence-corrected chi connectivity index (χ1v) is 4.02. The molecule has 0 saturated carbocycles. The molecule has 0 bridgehead atoms. The number of hydrogen-bond donors (Lipinski definition) is 0. The van der Waals surface area contributed by atoms with Crippen molar-refractivity contribution in [3.63, 3.8) is 0 Å². The highest BCUT2D eigenvalue weighted by Crippen LogP contribution is 2.28. The van der Waals surface area contributed by atoms with Crippen LogP contribution in [0.15, 0.2) is 23.5 Å². The maximum atomic E-state index is 12.1. The number of alkyl halides is 3. The fourth-order valence-electron chi connectivity index (χ4n) is 1.23. The quantitative estimate of drug-likeness (QED) is 0.693. The smallest absolute Gasteiger partial charge is 0.454 e. The first-order valence-electron chi connectivity index (χ1n) is 4.02. The predicted molar refractivity (Wildman–Crippen MR) is 43.5 cm³/mol. The summed E-state index contributed by atoms with van der Waals surface area (Å²) in [6, 6.07) is 0. The summed E-state index contributed by atoms with van der Waals surface area (Å²) < 4.78 is 40.9. The average molecular weight is 206 g/mol. The zero-order valence-corrected chi connectivity index (χ0v) is 7.52. The Morgan fingerprint density at radius 3 is 2.64 bits per heavy atom. The third-order valence-corrected chi connectivity index (χ3v) is 1.88. The molecule has 0 aromatic heterocycles. The van der Waals surface area contributed by atoms with E-state index in [-0.39, 0.29) is 17.8 Å². The number of methoxy groups -OCH3 is 1. The second-order valence-corrected chi connectivity index (χ2v) is 2.81. The molecule has 0 amide bonds. The molecule has 1 aliphatic carbocycles. The molecule has 0 saturated heterocycles. The molecule has 0 fully saturated rings. The van der Waals surface area contributed by atoms with Crippen LogP contribution in [0.25, 0.3) is 0 Å². The molecule has 2 nitrogen and oxygen atoms in total. The molecule has 5 heteroatoms. The SMILES string of the molecule is COC1=C(C(=O)C(F)(F)F)CCC=C1. The minimum absolute atomic E-state index is 0.0126. The molecule has 1 aliphatic rings. The van der Waals surface area contributed by atoms with Crippen molar-refractivity contribution in [3.05, 3.63) is 23.5 Å². The van der Waals surface area contributed by atoms with E-state index in [1.807, 2.05) is 0 Å². The Hall–Kier alpha value is -1.26. The average Bonchev–Trinajstić information content (AvgIpc) is 2.15. The fourth-order valence-corrected chi connectivity index (χ4v) is 1.23. The standard InChI is InChI=1S/C9H9F3O2/c1-14-7-5-3-2-4-6(7)8(13)9(10,11)12/h3,5H,2,4H2,1H3. The van der Waals surface area contributed by atoms with E-state index in [1.54, 1.807) is 6.08 Å². The number of allylic oxidation sites excluding steroid dienone is 3. The van der Waals surface area contributed by atoms with Gasteiger partial charge in [0, 0.05) is 5.57 Å². The van der Waals surface area contributed by atoms with Crippen LogP contribution in [-0.2, 0) is 9.53 Å². The van der Waals surface area contributed by atoms with Crippen LogP contribution in [0.1, 0.15) is 12.8 Å². The molecule has 78 valence electrons. The van der Waals surface area contributed by atoms with Crippen molar-refractivity contribution in [2.45, 2.75) is 19.0 Å². The number of hydrogen-bond acceptors (Lipinski definition) is 2. The molecule has 14 heavy (non-hydrogen) atoms. The van der Waals surface area contributed by atoms with E-state index >= 15 is 0 Å². The molecule has 0 unspecified atom stereocenters. The van der Waals surface area contributed by atoms with Gasteiger partial charge in [0.15, 0.2) is 0 Å². The molecular weight excluding hydrogens is 197 g/mol. The summed E-state index contributed by atoms with van der Waals surface area (Å²) in [5, 5.41) is 0. The van der Waals surface area contributed by atoms with Gasteiger partial charge in [-0.25, -0.2) is 0 Å². The van der Waals surface area contributed by atoms with E-state index in [2.05, 4.69) is 0 Å². The van der Waals surface area contributed by atoms with Gasteiger partial charge in [0.25, 0.3) is 5.78 Å². The highest BCUT2D eigenvalue weighted by Gasteiger charge is 2.41. The van der Waals surface area contributed by atoms with Gasteiger partial charge in [-0.15, -0.1) is 0 Å². The van der Waals surface area contributed by atoms with Crippen LogP contribution >= 0.6 is 0 Å². The molecule has 0 spiro atoms. The summed E-state index contributed by atoms with van der Waals surface area (Å²) in [5.41, 5.74) is -0.289. The van der Waals surface area contributed by atoms with Gasteiger partial charge in [0.1, 0.15) is 5.76 Å². The number of ketones is 1. The Morgan fingerprint density at radius 1 is 1.50 bits per heavy atom. The first-order chi connectivity index (χ1) is 6.46. The summed E-state index contributed by atoms with van der Waals surface area (Å²) in [6.07, 6.45) is -1.24. The lowest BCUT2D eigenvalue weighted by molar-refractivity contribution is -0.166. The number of halogens is 3. The van der Waals surface area contributed by atoms with E-state index in [1.165, 1.54) is 13.2 Å². The molecule has 0 atom stereocenters. The molecule has 0 heterocycles. The van der Waals surface area contributed by atoms with Crippen LogP contribution in [0, 0.1) is 0 Å². The van der Waals surface area contributed by atoms with Crippen LogP contribution < -0.4 is 0 Å². The van der Waals surface area contributed by atoms with Crippen LogP contribution in [0.3, 0.4) is 0 Å². The third-order valence-electron chi connectivity index (χ3n) is 1.88. The minimum atomic E-state index is -4.82. The van der Waals surface area contributed by atoms with Gasteiger partial charge in [-0.1, -0.05) is 6.08 Å². The second-order valence-electron chi connectivity index (χ2n) is 2.81. The van der Waals surface area contributed by atoms with Crippen molar-refractivity contribution in [3.8, 4) is 0 Å². The van der Waals surface area contributed by atoms with E-state index in [9.17, 15) is 18.0 Å². The molecule has 0 radical (unpaired) electrons. The minimum Gasteiger partial charge on any atom is -0.496 e. The maximum absolute atomic E-state index is 12.1. The van der Waals surface area contributed by atoms with Crippen molar-refractivity contribution in [1.29, 1.82) is 0 Å². The van der Waals surface area contributed by atoms with Gasteiger partial charge >= 0.3 is 6.18 Å². The zero-order valence-electron chi connectivity index (χ0n) is 7.52. The monoisotopic (exact) mass is 206 g/mol. The summed E-state index contributed by atoms with van der Waals surface area (Å²) >= 11 is 0. The van der Waals surface area contributed by atoms with Gasteiger partial charge in [-0.3, -0.25) is 4.79 Å². The van der Waals surface area contributed by atoms with Crippen molar-refractivity contribution in [2.24, 2.45) is 0 Å². The fraction of sp³-hybridized carbons (Fsp3) is 0.444. The third kappa shape index (κ3) is 2.16. The van der Waals surface area contributed by atoms with Gasteiger partial charge in [-0.2, -0.15) is 13.2 Å². The van der Waals surface area contributed by atoms with Crippen LogP contribution in [0.5, 0.6) is 0 Å². The lowest BCUT2D eigenvalue weighted by atomic mass is 9.99. The Labute approximate surface area is 79.0 Å². The number of carbonyl (C=O) groups is 1. The highest BCUT2D eigenvalue weighted by molar-refractivity contribution is 6.00. The van der Waals surface area contributed by atoms with Gasteiger partial charge in [0.2, 0.25) is 0 Å². The van der Waals surface area contributed by atoms with E-state index < -0.39 is 12.0 Å². The normalized spacial score (nSPS) is 17.1. The molecule has 0 aliphatic heterocycles. The number of carbonyl (C=O) groups excluding carboxylic acids is 1. The topological polar surface area (TPSA) is 26.3 Å². The van der Waals surface area contributed by atoms with Crippen molar-refractivity contribution in [2.75, 3.05) is 7.11 Å². The van der Waals surface area contributed by atoms with Gasteiger partial charge in [0.05, 0.1) is 7.11 Å². The van der Waals surface area contributed by atoms with Crippen LogP contribution in [-0.4, -0.2) is 19.1 Å². The summed E-state index contributed by atoms with van der Waals surface area (Å²) in [5.74, 6) is -1.79. The van der Waals surface area contributed by atoms with Crippen LogP contribution in [0.4, 0.5) is 13.2 Å². The molecule has 0 aromatic rings. The van der Waals surface area contributed by atoms with Gasteiger partial charge < -0.3 is 4.74 Å². The predicted octanol–water partition coefficient (Wildman–Crippen LogP) is 2.37. The lowest BCUT2D eigenvalue weighted by Crippen LogP contribution is -2.26. The Kier molecular flexibility index (Phi) is 2.98. The summed E-state index contributed by atoms with van der Waals surface area (Å²) in [6.45, 7) is 0. The highest BCUT2D eigenvalue weighted by atomic mass is 19.4.